The number of rotatable bonds is 6. The van der Waals surface area contributed by atoms with Crippen LogP contribution in [0.25, 0.3) is 11.5 Å². The van der Waals surface area contributed by atoms with E-state index in [-0.39, 0.29) is 9.92 Å². The molecule has 1 fully saturated rings. The van der Waals surface area contributed by atoms with E-state index in [2.05, 4.69) is 29.2 Å². The number of hydrogen-bond donors (Lipinski definition) is 0. The van der Waals surface area contributed by atoms with E-state index in [1.165, 1.54) is 5.56 Å². The maximum atomic E-state index is 13.6. The summed E-state index contributed by atoms with van der Waals surface area (Å²) in [5.74, 6) is 1.24. The van der Waals surface area contributed by atoms with Crippen LogP contribution >= 0.6 is 0 Å². The van der Waals surface area contributed by atoms with Crippen LogP contribution in [0.1, 0.15) is 24.0 Å². The molecule has 0 N–H and O–H groups in total. The number of aryl methyl sites for hydroxylation is 1. The van der Waals surface area contributed by atoms with Crippen LogP contribution in [-0.2, 0) is 16.3 Å². The number of nitrogens with zero attached hydrogens (tertiary/aromatic N) is 2. The molecule has 0 unspecified atom stereocenters. The van der Waals surface area contributed by atoms with Gasteiger partial charge in [-0.1, -0.05) is 66.2 Å². The fraction of sp³-hybridized carbons (Fsp3) is 0.250. The van der Waals surface area contributed by atoms with Crippen LogP contribution in [0, 0.1) is 12.8 Å². The molecule has 1 aliphatic rings. The maximum Gasteiger partial charge on any atom is 0.236 e. The zero-order chi connectivity index (χ0) is 23.5. The quantitative estimate of drug-likeness (QED) is 0.347. The number of aromatic nitrogens is 1. The highest BCUT2D eigenvalue weighted by molar-refractivity contribution is 7.91. The van der Waals surface area contributed by atoms with Gasteiger partial charge in [0.25, 0.3) is 0 Å². The summed E-state index contributed by atoms with van der Waals surface area (Å²) in [6.45, 7) is 3.48. The predicted octanol–water partition coefficient (Wildman–Crippen LogP) is 5.94. The molecule has 2 heterocycles. The van der Waals surface area contributed by atoms with Crippen molar-refractivity contribution < 1.29 is 12.8 Å². The second-order valence-corrected chi connectivity index (χ2v) is 10.8. The Labute approximate surface area is 201 Å². The molecule has 5 rings (SSSR count). The molecule has 6 heteroatoms. The molecule has 5 nitrogen and oxygen atoms in total. The molecule has 0 atom stereocenters. The lowest BCUT2D eigenvalue weighted by Crippen LogP contribution is -2.34. The van der Waals surface area contributed by atoms with Gasteiger partial charge < -0.3 is 9.32 Å². The van der Waals surface area contributed by atoms with Crippen molar-refractivity contribution in [3.63, 3.8) is 0 Å². The van der Waals surface area contributed by atoms with E-state index in [4.69, 9.17) is 4.42 Å². The summed E-state index contributed by atoms with van der Waals surface area (Å²) in [7, 11) is -3.82. The molecule has 0 aliphatic carbocycles. The van der Waals surface area contributed by atoms with Crippen LogP contribution in [0.5, 0.6) is 0 Å². The molecule has 0 amide bonds. The highest BCUT2D eigenvalue weighted by Gasteiger charge is 2.33. The Hall–Kier alpha value is -3.38. The van der Waals surface area contributed by atoms with Crippen molar-refractivity contribution in [2.75, 3.05) is 18.0 Å². The van der Waals surface area contributed by atoms with E-state index >= 15 is 0 Å². The molecule has 4 aromatic rings. The van der Waals surface area contributed by atoms with Gasteiger partial charge in [0.2, 0.25) is 26.6 Å². The topological polar surface area (TPSA) is 63.4 Å². The molecule has 34 heavy (non-hydrogen) atoms. The Morgan fingerprint density at radius 2 is 1.50 bits per heavy atom. The fourth-order valence-corrected chi connectivity index (χ4v) is 5.83. The summed E-state index contributed by atoms with van der Waals surface area (Å²) in [6, 6.07) is 26.8. The molecule has 1 aromatic heterocycles. The van der Waals surface area contributed by atoms with Crippen molar-refractivity contribution in [1.29, 1.82) is 0 Å². The predicted molar refractivity (Wildman–Crippen MR) is 134 cm³/mol. The number of sulfone groups is 1. The molecule has 1 aliphatic heterocycles. The Balaban J connectivity index is 1.45. The first kappa shape index (κ1) is 22.4. The maximum absolute atomic E-state index is 13.6. The Morgan fingerprint density at radius 1 is 0.882 bits per heavy atom. The largest absolute Gasteiger partial charge is 0.419 e. The van der Waals surface area contributed by atoms with Gasteiger partial charge in [-0.05, 0) is 61.9 Å². The van der Waals surface area contributed by atoms with Crippen molar-refractivity contribution in [3.8, 4) is 11.5 Å². The number of oxazole rings is 1. The number of anilines is 1. The Morgan fingerprint density at radius 3 is 2.15 bits per heavy atom. The minimum absolute atomic E-state index is 0.00390. The summed E-state index contributed by atoms with van der Waals surface area (Å²) in [5, 5.41) is -0.00390. The van der Waals surface area contributed by atoms with Crippen LogP contribution in [-0.4, -0.2) is 26.5 Å². The summed E-state index contributed by atoms with van der Waals surface area (Å²) in [5.41, 5.74) is 3.23. The minimum atomic E-state index is -3.82. The van der Waals surface area contributed by atoms with Crippen molar-refractivity contribution in [2.45, 2.75) is 36.1 Å². The highest BCUT2D eigenvalue weighted by Crippen LogP contribution is 2.36. The van der Waals surface area contributed by atoms with E-state index < -0.39 is 9.84 Å². The third-order valence-electron chi connectivity index (χ3n) is 6.45. The van der Waals surface area contributed by atoms with E-state index in [1.807, 2.05) is 42.2 Å². The van der Waals surface area contributed by atoms with Crippen LogP contribution in [0.2, 0.25) is 0 Å². The van der Waals surface area contributed by atoms with Crippen LogP contribution in [0.4, 0.5) is 5.88 Å². The van der Waals surface area contributed by atoms with Gasteiger partial charge in [0.1, 0.15) is 0 Å². The third-order valence-corrected chi connectivity index (χ3v) is 8.12. The van der Waals surface area contributed by atoms with Crippen molar-refractivity contribution in [3.05, 3.63) is 96.1 Å². The summed E-state index contributed by atoms with van der Waals surface area (Å²) in [6.07, 6.45) is 2.98. The van der Waals surface area contributed by atoms with Crippen molar-refractivity contribution >= 4 is 15.7 Å². The van der Waals surface area contributed by atoms with Gasteiger partial charge in [-0.15, -0.1) is 0 Å². The van der Waals surface area contributed by atoms with E-state index in [1.54, 1.807) is 30.3 Å². The average Bonchev–Trinajstić information content (AvgIpc) is 3.33. The first-order valence-electron chi connectivity index (χ1n) is 11.7. The van der Waals surface area contributed by atoms with E-state index in [9.17, 15) is 8.42 Å². The molecule has 0 bridgehead atoms. The molecule has 0 spiro atoms. The lowest BCUT2D eigenvalue weighted by atomic mass is 9.90. The average molecular weight is 473 g/mol. The first-order chi connectivity index (χ1) is 16.5. The molecule has 3 aromatic carbocycles. The summed E-state index contributed by atoms with van der Waals surface area (Å²) < 4.78 is 33.3. The highest BCUT2D eigenvalue weighted by atomic mass is 32.2. The number of hydrogen-bond acceptors (Lipinski definition) is 5. The van der Waals surface area contributed by atoms with E-state index in [0.717, 1.165) is 43.5 Å². The van der Waals surface area contributed by atoms with Gasteiger partial charge >= 0.3 is 0 Å². The number of piperidine rings is 1. The SMILES string of the molecule is Cc1ccc(-c2nc(S(=O)(=O)c3ccccc3)c(N3CCC(Cc4ccccc4)CC3)o2)cc1. The molecule has 1 saturated heterocycles. The zero-order valence-electron chi connectivity index (χ0n) is 19.2. The minimum Gasteiger partial charge on any atom is -0.419 e. The fourth-order valence-electron chi connectivity index (χ4n) is 4.49. The van der Waals surface area contributed by atoms with Crippen LogP contribution in [0.3, 0.4) is 0 Å². The number of benzene rings is 3. The molecular weight excluding hydrogens is 444 g/mol. The van der Waals surface area contributed by atoms with Gasteiger partial charge in [-0.3, -0.25) is 0 Å². The third kappa shape index (κ3) is 4.64. The first-order valence-corrected chi connectivity index (χ1v) is 13.2. The van der Waals surface area contributed by atoms with Gasteiger partial charge in [0, 0.05) is 18.7 Å². The zero-order valence-corrected chi connectivity index (χ0v) is 20.0. The van der Waals surface area contributed by atoms with Crippen molar-refractivity contribution in [2.24, 2.45) is 5.92 Å². The molecule has 0 saturated carbocycles. The summed E-state index contributed by atoms with van der Waals surface area (Å²) in [4.78, 5) is 6.79. The molecular formula is C28H28N2O3S. The smallest absolute Gasteiger partial charge is 0.236 e. The Kier molecular flexibility index (Phi) is 6.24. The van der Waals surface area contributed by atoms with Crippen LogP contribution < -0.4 is 4.90 Å². The second-order valence-electron chi connectivity index (χ2n) is 8.93. The van der Waals surface area contributed by atoms with Gasteiger partial charge in [0.15, 0.2) is 0 Å². The van der Waals surface area contributed by atoms with E-state index in [0.29, 0.717) is 17.7 Å². The molecule has 0 radical (unpaired) electrons. The monoisotopic (exact) mass is 472 g/mol. The lowest BCUT2D eigenvalue weighted by Gasteiger charge is -2.32. The van der Waals surface area contributed by atoms with Crippen LogP contribution in [0.15, 0.2) is 99.3 Å². The molecule has 174 valence electrons. The van der Waals surface area contributed by atoms with Gasteiger partial charge in [0.05, 0.1) is 4.90 Å². The lowest BCUT2D eigenvalue weighted by molar-refractivity contribution is 0.387. The normalized spacial score (nSPS) is 14.9. The summed E-state index contributed by atoms with van der Waals surface area (Å²) >= 11 is 0. The Bertz CT molecular complexity index is 1340. The van der Waals surface area contributed by atoms with Gasteiger partial charge in [-0.2, -0.15) is 4.98 Å². The standard InChI is InChI=1S/C28H28N2O3S/c1-21-12-14-24(15-13-21)26-29-27(34(31,32)25-10-6-3-7-11-25)28(33-26)30-18-16-23(17-19-30)20-22-8-4-2-5-9-22/h2-15,23H,16-20H2,1H3. The van der Waals surface area contributed by atoms with Gasteiger partial charge in [-0.25, -0.2) is 8.42 Å². The second kappa shape index (κ2) is 9.47. The van der Waals surface area contributed by atoms with Crippen molar-refractivity contribution in [1.82, 2.24) is 4.98 Å².